The Balaban J connectivity index is 2.20. The summed E-state index contributed by atoms with van der Waals surface area (Å²) in [6.45, 7) is 0. The van der Waals surface area contributed by atoms with Crippen LogP contribution in [0.5, 0.6) is 0 Å². The molecule has 0 aliphatic heterocycles. The highest BCUT2D eigenvalue weighted by molar-refractivity contribution is 7.89. The Bertz CT molecular complexity index is 890. The molecular formula is C17H19N3O4S. The van der Waals surface area contributed by atoms with E-state index in [2.05, 4.69) is 10.6 Å². The summed E-state index contributed by atoms with van der Waals surface area (Å²) in [5.74, 6) is -0.664. The second-order valence-electron chi connectivity index (χ2n) is 5.43. The Morgan fingerprint density at radius 3 is 2.12 bits per heavy atom. The van der Waals surface area contributed by atoms with E-state index < -0.39 is 15.9 Å². The van der Waals surface area contributed by atoms with Crippen LogP contribution >= 0.6 is 0 Å². The number of hydrogen-bond donors (Lipinski definition) is 2. The van der Waals surface area contributed by atoms with Crippen LogP contribution in [0.2, 0.25) is 0 Å². The van der Waals surface area contributed by atoms with E-state index in [0.29, 0.717) is 11.3 Å². The van der Waals surface area contributed by atoms with Crippen LogP contribution in [0, 0.1) is 0 Å². The predicted molar refractivity (Wildman–Crippen MR) is 95.1 cm³/mol. The monoisotopic (exact) mass is 361 g/mol. The number of sulfonamides is 1. The first-order chi connectivity index (χ1) is 11.8. The van der Waals surface area contributed by atoms with Gasteiger partial charge in [0.2, 0.25) is 10.0 Å². The molecule has 0 unspecified atom stereocenters. The van der Waals surface area contributed by atoms with Gasteiger partial charge in [0.25, 0.3) is 11.8 Å². The van der Waals surface area contributed by atoms with E-state index in [9.17, 15) is 18.0 Å². The Kier molecular flexibility index (Phi) is 5.55. The van der Waals surface area contributed by atoms with Crippen molar-refractivity contribution in [2.45, 2.75) is 4.90 Å². The molecule has 0 heterocycles. The zero-order valence-corrected chi connectivity index (χ0v) is 14.9. The number of nitrogens with zero attached hydrogens (tertiary/aromatic N) is 1. The number of benzene rings is 2. The molecule has 132 valence electrons. The van der Waals surface area contributed by atoms with Gasteiger partial charge in [-0.05, 0) is 42.5 Å². The van der Waals surface area contributed by atoms with Crippen LogP contribution < -0.4 is 10.6 Å². The standard InChI is InChI=1S/C17H19N3O4S/c1-18-16(21)12-7-9-14(10-8-12)19-17(22)13-5-4-6-15(11-13)25(23,24)20(2)3/h4-11H,1-3H3,(H,18,21)(H,19,22). The Labute approximate surface area is 146 Å². The van der Waals surface area contributed by atoms with Gasteiger partial charge in [-0.15, -0.1) is 0 Å². The van der Waals surface area contributed by atoms with Gasteiger partial charge in [0.05, 0.1) is 4.90 Å². The lowest BCUT2D eigenvalue weighted by molar-refractivity contribution is 0.0962. The van der Waals surface area contributed by atoms with Crippen LogP contribution in [0.4, 0.5) is 5.69 Å². The van der Waals surface area contributed by atoms with Crippen molar-refractivity contribution >= 4 is 27.5 Å². The fraction of sp³-hybridized carbons (Fsp3) is 0.176. The molecular weight excluding hydrogens is 342 g/mol. The minimum Gasteiger partial charge on any atom is -0.355 e. The minimum absolute atomic E-state index is 0.0418. The molecule has 0 saturated heterocycles. The summed E-state index contributed by atoms with van der Waals surface area (Å²) in [4.78, 5) is 23.9. The van der Waals surface area contributed by atoms with E-state index in [0.717, 1.165) is 4.31 Å². The highest BCUT2D eigenvalue weighted by atomic mass is 32.2. The van der Waals surface area contributed by atoms with Gasteiger partial charge in [-0.1, -0.05) is 6.07 Å². The average molecular weight is 361 g/mol. The summed E-state index contributed by atoms with van der Waals surface area (Å²) in [7, 11) is 0.773. The first kappa shape index (κ1) is 18.6. The highest BCUT2D eigenvalue weighted by Gasteiger charge is 2.18. The van der Waals surface area contributed by atoms with Crippen molar-refractivity contribution in [3.8, 4) is 0 Å². The van der Waals surface area contributed by atoms with Crippen molar-refractivity contribution in [2.75, 3.05) is 26.5 Å². The molecule has 0 spiro atoms. The number of amides is 2. The fourth-order valence-electron chi connectivity index (χ4n) is 2.06. The summed E-state index contributed by atoms with van der Waals surface area (Å²) in [5.41, 5.74) is 1.19. The molecule has 0 bridgehead atoms. The van der Waals surface area contributed by atoms with E-state index in [-0.39, 0.29) is 16.4 Å². The largest absolute Gasteiger partial charge is 0.355 e. The Morgan fingerprint density at radius 1 is 0.920 bits per heavy atom. The molecule has 0 aliphatic carbocycles. The maximum absolute atomic E-state index is 12.3. The third kappa shape index (κ3) is 4.23. The molecule has 0 aliphatic rings. The molecule has 2 aromatic rings. The van der Waals surface area contributed by atoms with E-state index >= 15 is 0 Å². The van der Waals surface area contributed by atoms with Gasteiger partial charge in [-0.3, -0.25) is 9.59 Å². The van der Waals surface area contributed by atoms with Crippen LogP contribution in [0.3, 0.4) is 0 Å². The average Bonchev–Trinajstić information content (AvgIpc) is 2.61. The van der Waals surface area contributed by atoms with Gasteiger partial charge in [0.15, 0.2) is 0 Å². The molecule has 0 aromatic heterocycles. The number of nitrogens with one attached hydrogen (secondary N) is 2. The van der Waals surface area contributed by atoms with Crippen molar-refractivity contribution in [3.05, 3.63) is 59.7 Å². The summed E-state index contributed by atoms with van der Waals surface area (Å²) >= 11 is 0. The zero-order chi connectivity index (χ0) is 18.6. The van der Waals surface area contributed by atoms with Crippen molar-refractivity contribution in [2.24, 2.45) is 0 Å². The summed E-state index contributed by atoms with van der Waals surface area (Å²) in [6, 6.07) is 12.2. The lowest BCUT2D eigenvalue weighted by Gasteiger charge is -2.12. The van der Waals surface area contributed by atoms with Gasteiger partial charge < -0.3 is 10.6 Å². The normalized spacial score (nSPS) is 11.2. The summed E-state index contributed by atoms with van der Waals surface area (Å²) in [5, 5.41) is 5.18. The second-order valence-corrected chi connectivity index (χ2v) is 7.58. The van der Waals surface area contributed by atoms with Gasteiger partial charge >= 0.3 is 0 Å². The second kappa shape index (κ2) is 7.45. The third-order valence-electron chi connectivity index (χ3n) is 3.51. The van der Waals surface area contributed by atoms with Crippen molar-refractivity contribution in [3.63, 3.8) is 0 Å². The van der Waals surface area contributed by atoms with Crippen LogP contribution in [0.15, 0.2) is 53.4 Å². The Morgan fingerprint density at radius 2 is 1.56 bits per heavy atom. The van der Waals surface area contributed by atoms with Gasteiger partial charge in [0.1, 0.15) is 0 Å². The molecule has 0 fully saturated rings. The van der Waals surface area contributed by atoms with Crippen LogP contribution in [0.1, 0.15) is 20.7 Å². The minimum atomic E-state index is -3.61. The molecule has 7 nitrogen and oxygen atoms in total. The molecule has 8 heteroatoms. The van der Waals surface area contributed by atoms with E-state index in [1.165, 1.54) is 45.4 Å². The molecule has 2 amide bonds. The SMILES string of the molecule is CNC(=O)c1ccc(NC(=O)c2cccc(S(=O)(=O)N(C)C)c2)cc1. The summed E-state index contributed by atoms with van der Waals surface area (Å²) in [6.07, 6.45) is 0. The van der Waals surface area contributed by atoms with Crippen molar-refractivity contribution in [1.29, 1.82) is 0 Å². The Hall–Kier alpha value is -2.71. The van der Waals surface area contributed by atoms with E-state index in [1.54, 1.807) is 24.3 Å². The first-order valence-electron chi connectivity index (χ1n) is 7.42. The number of carbonyl (C=O) groups is 2. The van der Waals surface area contributed by atoms with Crippen LogP contribution in [-0.2, 0) is 10.0 Å². The lowest BCUT2D eigenvalue weighted by atomic mass is 10.1. The fourth-order valence-corrected chi connectivity index (χ4v) is 3.01. The number of hydrogen-bond acceptors (Lipinski definition) is 4. The van der Waals surface area contributed by atoms with Gasteiger partial charge in [0, 0.05) is 38.0 Å². The van der Waals surface area contributed by atoms with Crippen LogP contribution in [-0.4, -0.2) is 45.7 Å². The molecule has 0 atom stereocenters. The maximum Gasteiger partial charge on any atom is 0.255 e. The molecule has 0 saturated carbocycles. The molecule has 2 N–H and O–H groups in total. The van der Waals surface area contributed by atoms with Gasteiger partial charge in [-0.2, -0.15) is 0 Å². The smallest absolute Gasteiger partial charge is 0.255 e. The highest BCUT2D eigenvalue weighted by Crippen LogP contribution is 2.17. The zero-order valence-electron chi connectivity index (χ0n) is 14.1. The molecule has 2 rings (SSSR count). The summed E-state index contributed by atoms with van der Waals surface area (Å²) < 4.78 is 25.4. The quantitative estimate of drug-likeness (QED) is 0.845. The number of carbonyl (C=O) groups excluding carboxylic acids is 2. The van der Waals surface area contributed by atoms with Crippen molar-refractivity contribution < 1.29 is 18.0 Å². The number of anilines is 1. The predicted octanol–water partition coefficient (Wildman–Crippen LogP) is 1.55. The van der Waals surface area contributed by atoms with E-state index in [1.807, 2.05) is 0 Å². The topological polar surface area (TPSA) is 95.6 Å². The molecule has 2 aromatic carbocycles. The lowest BCUT2D eigenvalue weighted by Crippen LogP contribution is -2.22. The van der Waals surface area contributed by atoms with Gasteiger partial charge in [-0.25, -0.2) is 12.7 Å². The van der Waals surface area contributed by atoms with Crippen molar-refractivity contribution in [1.82, 2.24) is 9.62 Å². The van der Waals surface area contributed by atoms with E-state index in [4.69, 9.17) is 0 Å². The number of rotatable bonds is 5. The third-order valence-corrected chi connectivity index (χ3v) is 5.32. The molecule has 0 radical (unpaired) electrons. The first-order valence-corrected chi connectivity index (χ1v) is 8.86. The molecule has 25 heavy (non-hydrogen) atoms. The van der Waals surface area contributed by atoms with Crippen LogP contribution in [0.25, 0.3) is 0 Å². The maximum atomic E-state index is 12.3.